The highest BCUT2D eigenvalue weighted by Gasteiger charge is 2.22. The lowest BCUT2D eigenvalue weighted by Crippen LogP contribution is -2.24. The molecule has 8 nitrogen and oxygen atoms in total. The van der Waals surface area contributed by atoms with Gasteiger partial charge in [0.15, 0.2) is 16.7 Å². The van der Waals surface area contributed by atoms with Gasteiger partial charge in [0.25, 0.3) is 0 Å². The zero-order valence-electron chi connectivity index (χ0n) is 20.0. The van der Waals surface area contributed by atoms with Crippen molar-refractivity contribution in [3.8, 4) is 17.2 Å². The number of hydrogen-bond acceptors (Lipinski definition) is 8. The van der Waals surface area contributed by atoms with Crippen LogP contribution < -0.4 is 24.8 Å². The molecular formula is C27H26N4O4S. The third-order valence-corrected chi connectivity index (χ3v) is 6.98. The Morgan fingerprint density at radius 2 is 1.86 bits per heavy atom. The van der Waals surface area contributed by atoms with Crippen LogP contribution in [0.15, 0.2) is 71.9 Å². The fourth-order valence-corrected chi connectivity index (χ4v) is 4.70. The molecule has 3 aromatic carbocycles. The van der Waals surface area contributed by atoms with Gasteiger partial charge < -0.3 is 24.8 Å². The number of aromatic nitrogens is 2. The number of methoxy groups -OCH3 is 1. The molecule has 1 aromatic heterocycles. The topological polar surface area (TPSA) is 94.6 Å². The first-order chi connectivity index (χ1) is 17.6. The van der Waals surface area contributed by atoms with Crippen LogP contribution in [0.4, 0.5) is 11.5 Å². The van der Waals surface area contributed by atoms with Gasteiger partial charge in [0.1, 0.15) is 11.6 Å². The van der Waals surface area contributed by atoms with Crippen LogP contribution in [0.2, 0.25) is 0 Å². The Hall–Kier alpha value is -3.98. The van der Waals surface area contributed by atoms with Crippen molar-refractivity contribution in [2.45, 2.75) is 30.3 Å². The molecule has 9 heteroatoms. The minimum atomic E-state index is -0.369. The zero-order chi connectivity index (χ0) is 24.9. The van der Waals surface area contributed by atoms with E-state index in [1.165, 1.54) is 11.8 Å². The number of benzene rings is 3. The van der Waals surface area contributed by atoms with Crippen molar-refractivity contribution in [3.63, 3.8) is 0 Å². The normalized spacial score (nSPS) is 12.8. The van der Waals surface area contributed by atoms with Gasteiger partial charge in [-0.05, 0) is 48.4 Å². The number of nitrogens with zero attached hydrogens (tertiary/aromatic N) is 2. The van der Waals surface area contributed by atoms with Gasteiger partial charge in [0, 0.05) is 23.7 Å². The number of amides is 1. The lowest BCUT2D eigenvalue weighted by atomic mass is 10.2. The van der Waals surface area contributed by atoms with E-state index in [-0.39, 0.29) is 18.0 Å². The molecule has 1 amide bonds. The van der Waals surface area contributed by atoms with Crippen molar-refractivity contribution in [3.05, 3.63) is 72.3 Å². The number of para-hydroxylation sites is 1. The van der Waals surface area contributed by atoms with Crippen molar-refractivity contribution in [1.82, 2.24) is 9.97 Å². The van der Waals surface area contributed by atoms with E-state index in [4.69, 9.17) is 24.2 Å². The van der Waals surface area contributed by atoms with Crippen LogP contribution in [0.25, 0.3) is 10.9 Å². The van der Waals surface area contributed by atoms with E-state index in [0.29, 0.717) is 35.3 Å². The lowest BCUT2D eigenvalue weighted by Gasteiger charge is -2.16. The first-order valence-electron chi connectivity index (χ1n) is 11.6. The second-order valence-electron chi connectivity index (χ2n) is 8.15. The van der Waals surface area contributed by atoms with Gasteiger partial charge >= 0.3 is 0 Å². The number of carbonyl (C=O) groups is 1. The summed E-state index contributed by atoms with van der Waals surface area (Å²) >= 11 is 1.35. The molecule has 1 aliphatic heterocycles. The number of thioether (sulfide) groups is 1. The number of nitrogens with one attached hydrogen (secondary N) is 2. The highest BCUT2D eigenvalue weighted by molar-refractivity contribution is 8.00. The molecule has 4 aromatic rings. The molecule has 36 heavy (non-hydrogen) atoms. The third-order valence-electron chi connectivity index (χ3n) is 5.75. The largest absolute Gasteiger partial charge is 0.497 e. The predicted molar refractivity (Wildman–Crippen MR) is 141 cm³/mol. The summed E-state index contributed by atoms with van der Waals surface area (Å²) in [6, 6.07) is 21.1. The minimum Gasteiger partial charge on any atom is -0.497 e. The molecule has 0 aliphatic carbocycles. The van der Waals surface area contributed by atoms with Crippen molar-refractivity contribution < 1.29 is 19.0 Å². The van der Waals surface area contributed by atoms with Gasteiger partial charge in [-0.1, -0.05) is 43.0 Å². The summed E-state index contributed by atoms with van der Waals surface area (Å²) in [5.41, 5.74) is 2.57. The molecule has 0 fully saturated rings. The smallest absolute Gasteiger partial charge is 0.237 e. The van der Waals surface area contributed by atoms with E-state index >= 15 is 0 Å². The quantitative estimate of drug-likeness (QED) is 0.229. The third kappa shape index (κ3) is 5.31. The van der Waals surface area contributed by atoms with Crippen LogP contribution in [0, 0.1) is 0 Å². The molecule has 0 spiro atoms. The highest BCUT2D eigenvalue weighted by Crippen LogP contribution is 2.35. The van der Waals surface area contributed by atoms with Gasteiger partial charge in [0.2, 0.25) is 12.7 Å². The molecule has 1 atom stereocenters. The summed E-state index contributed by atoms with van der Waals surface area (Å²) in [6.45, 7) is 2.76. The van der Waals surface area contributed by atoms with Crippen LogP contribution in [-0.4, -0.2) is 35.0 Å². The van der Waals surface area contributed by atoms with Gasteiger partial charge in [-0.15, -0.1) is 0 Å². The average molecular weight is 503 g/mol. The van der Waals surface area contributed by atoms with Crippen LogP contribution >= 0.6 is 11.8 Å². The Morgan fingerprint density at radius 1 is 1.06 bits per heavy atom. The highest BCUT2D eigenvalue weighted by atomic mass is 32.2. The van der Waals surface area contributed by atoms with E-state index < -0.39 is 0 Å². The predicted octanol–water partition coefficient (Wildman–Crippen LogP) is 5.49. The van der Waals surface area contributed by atoms with Crippen LogP contribution in [0.5, 0.6) is 17.2 Å². The fraction of sp³-hybridized carbons (Fsp3) is 0.222. The monoisotopic (exact) mass is 502 g/mol. The first kappa shape index (κ1) is 23.7. The summed E-state index contributed by atoms with van der Waals surface area (Å²) in [7, 11) is 1.65. The zero-order valence-corrected chi connectivity index (χ0v) is 20.8. The van der Waals surface area contributed by atoms with Gasteiger partial charge in [-0.2, -0.15) is 0 Å². The molecule has 5 rings (SSSR count). The first-order valence-corrected chi connectivity index (χ1v) is 12.5. The van der Waals surface area contributed by atoms with E-state index in [1.807, 2.05) is 55.5 Å². The van der Waals surface area contributed by atoms with Crippen LogP contribution in [-0.2, 0) is 11.3 Å². The minimum absolute atomic E-state index is 0.120. The van der Waals surface area contributed by atoms with Crippen molar-refractivity contribution in [2.24, 2.45) is 0 Å². The summed E-state index contributed by atoms with van der Waals surface area (Å²) < 4.78 is 16.0. The summed E-state index contributed by atoms with van der Waals surface area (Å²) in [4.78, 5) is 22.6. The van der Waals surface area contributed by atoms with Gasteiger partial charge in [-0.3, -0.25) is 4.79 Å². The second kappa shape index (κ2) is 10.7. The van der Waals surface area contributed by atoms with Crippen molar-refractivity contribution in [2.75, 3.05) is 24.5 Å². The van der Waals surface area contributed by atoms with Crippen molar-refractivity contribution in [1.29, 1.82) is 0 Å². The van der Waals surface area contributed by atoms with Crippen LogP contribution in [0.1, 0.15) is 18.9 Å². The van der Waals surface area contributed by atoms with E-state index in [2.05, 4.69) is 10.6 Å². The van der Waals surface area contributed by atoms with E-state index in [9.17, 15) is 4.79 Å². The van der Waals surface area contributed by atoms with Gasteiger partial charge in [0.05, 0.1) is 17.9 Å². The Balaban J connectivity index is 1.33. The Kier molecular flexibility index (Phi) is 7.08. The fourth-order valence-electron chi connectivity index (χ4n) is 3.82. The molecule has 0 bridgehead atoms. The molecule has 0 saturated heterocycles. The SMILES string of the molecule is CC[C@H](Sc1nc(NCc2ccc(OC)cc2)c2ccccc2n1)C(=O)Nc1ccc2c(c1)OCO2. The van der Waals surface area contributed by atoms with Crippen LogP contribution in [0.3, 0.4) is 0 Å². The second-order valence-corrected chi connectivity index (χ2v) is 9.32. The average Bonchev–Trinajstić information content (AvgIpc) is 3.38. The number of carbonyl (C=O) groups excluding carboxylic acids is 1. The molecule has 2 heterocycles. The Bertz CT molecular complexity index is 1380. The van der Waals surface area contributed by atoms with Gasteiger partial charge in [-0.25, -0.2) is 9.97 Å². The standard InChI is InChI=1S/C27H26N4O4S/c1-3-24(26(32)29-18-10-13-22-23(14-18)35-16-34-22)36-27-30-21-7-5-4-6-20(21)25(31-27)28-15-17-8-11-19(33-2)12-9-17/h4-14,24H,3,15-16H2,1-2H3,(H,29,32)(H,28,30,31)/t24-/m0/s1. The molecule has 1 aliphatic rings. The van der Waals surface area contributed by atoms with E-state index in [1.54, 1.807) is 25.3 Å². The maximum Gasteiger partial charge on any atom is 0.237 e. The number of fused-ring (bicyclic) bond motifs is 2. The molecular weight excluding hydrogens is 476 g/mol. The number of rotatable bonds is 9. The maximum absolute atomic E-state index is 13.1. The molecule has 0 radical (unpaired) electrons. The number of hydrogen-bond donors (Lipinski definition) is 2. The Labute approximate surface area is 213 Å². The molecule has 0 saturated carbocycles. The summed E-state index contributed by atoms with van der Waals surface area (Å²) in [6.07, 6.45) is 0.617. The molecule has 0 unspecified atom stereocenters. The molecule has 184 valence electrons. The molecule has 2 N–H and O–H groups in total. The lowest BCUT2D eigenvalue weighted by molar-refractivity contribution is -0.115. The summed E-state index contributed by atoms with van der Waals surface area (Å²) in [5, 5.41) is 7.50. The summed E-state index contributed by atoms with van der Waals surface area (Å²) in [5.74, 6) is 2.72. The number of ether oxygens (including phenoxy) is 3. The maximum atomic E-state index is 13.1. The van der Waals surface area contributed by atoms with E-state index in [0.717, 1.165) is 28.0 Å². The number of anilines is 2. The Morgan fingerprint density at radius 3 is 2.67 bits per heavy atom. The van der Waals surface area contributed by atoms with Crippen molar-refractivity contribution >= 4 is 40.1 Å².